The van der Waals surface area contributed by atoms with E-state index in [0.717, 1.165) is 0 Å². The highest BCUT2D eigenvalue weighted by molar-refractivity contribution is 6.00. The van der Waals surface area contributed by atoms with Crippen molar-refractivity contribution in [3.05, 3.63) is 36.5 Å². The van der Waals surface area contributed by atoms with Crippen LogP contribution in [0, 0.1) is 5.82 Å². The average Bonchev–Trinajstić information content (AvgIpc) is 2.96. The lowest BCUT2D eigenvalue weighted by Crippen LogP contribution is -2.23. The number of carbonyl (C=O) groups excluding carboxylic acids is 1. The van der Waals surface area contributed by atoms with Gasteiger partial charge in [-0.15, -0.1) is 0 Å². The van der Waals surface area contributed by atoms with Crippen molar-refractivity contribution in [3.8, 4) is 11.1 Å². The minimum Gasteiger partial charge on any atom is -0.460 e. The number of carbonyl (C=O) groups is 1. The van der Waals surface area contributed by atoms with E-state index in [1.54, 1.807) is 6.07 Å². The number of ether oxygens (including phenoxy) is 1. The molecule has 8 heteroatoms. The molecule has 0 radical (unpaired) electrons. The van der Waals surface area contributed by atoms with E-state index >= 15 is 0 Å². The molecule has 0 aliphatic carbocycles. The number of benzene rings is 1. The summed E-state index contributed by atoms with van der Waals surface area (Å²) in [5, 5.41) is 0.643. The topological polar surface area (TPSA) is 109 Å². The summed E-state index contributed by atoms with van der Waals surface area (Å²) in [6.45, 7) is 6.04. The molecule has 2 heterocycles. The van der Waals surface area contributed by atoms with E-state index in [2.05, 4.69) is 9.97 Å². The van der Waals surface area contributed by atoms with E-state index in [1.807, 2.05) is 31.5 Å². The normalized spacial score (nSPS) is 11.7. The number of fused-ring (bicyclic) bond motifs is 1. The van der Waals surface area contributed by atoms with Crippen molar-refractivity contribution in [1.29, 1.82) is 0 Å². The first-order valence-corrected chi connectivity index (χ1v) is 9.02. The Morgan fingerprint density at radius 3 is 2.68 bits per heavy atom. The lowest BCUT2D eigenvalue weighted by atomic mass is 10.1. The number of anilines is 2. The Hall–Kier alpha value is -3.16. The van der Waals surface area contributed by atoms with Crippen LogP contribution < -0.4 is 11.5 Å². The minimum atomic E-state index is -0.509. The van der Waals surface area contributed by atoms with E-state index < -0.39 is 11.4 Å². The van der Waals surface area contributed by atoms with Crippen molar-refractivity contribution >= 4 is 28.5 Å². The van der Waals surface area contributed by atoms with Crippen molar-refractivity contribution < 1.29 is 13.9 Å². The Bertz CT molecular complexity index is 1020. The fraction of sp³-hybridized carbons (Fsp3) is 0.350. The molecule has 7 nitrogen and oxygen atoms in total. The zero-order valence-corrected chi connectivity index (χ0v) is 16.2. The van der Waals surface area contributed by atoms with Crippen molar-refractivity contribution in [2.75, 3.05) is 11.5 Å². The second-order valence-corrected chi connectivity index (χ2v) is 7.62. The highest BCUT2D eigenvalue weighted by atomic mass is 19.1. The van der Waals surface area contributed by atoms with Crippen LogP contribution >= 0.6 is 0 Å². The van der Waals surface area contributed by atoms with Gasteiger partial charge in [0.1, 0.15) is 29.2 Å². The molecule has 28 heavy (non-hydrogen) atoms. The molecule has 1 aromatic carbocycles. The Morgan fingerprint density at radius 2 is 2.00 bits per heavy atom. The van der Waals surface area contributed by atoms with Crippen LogP contribution in [0.3, 0.4) is 0 Å². The number of rotatable bonds is 5. The van der Waals surface area contributed by atoms with Gasteiger partial charge in [0.25, 0.3) is 0 Å². The lowest BCUT2D eigenvalue weighted by Gasteiger charge is -2.19. The number of halogens is 1. The molecule has 0 aliphatic rings. The van der Waals surface area contributed by atoms with Crippen molar-refractivity contribution in [1.82, 2.24) is 14.5 Å². The fourth-order valence-electron chi connectivity index (χ4n) is 3.02. The molecular formula is C20H24FN5O2. The summed E-state index contributed by atoms with van der Waals surface area (Å²) in [4.78, 5) is 20.3. The molecule has 4 N–H and O–H groups in total. The zero-order valence-electron chi connectivity index (χ0n) is 16.2. The van der Waals surface area contributed by atoms with E-state index in [0.29, 0.717) is 40.9 Å². The van der Waals surface area contributed by atoms with Gasteiger partial charge in [-0.2, -0.15) is 0 Å². The number of esters is 1. The zero-order chi connectivity index (χ0) is 20.5. The van der Waals surface area contributed by atoms with Crippen molar-refractivity contribution in [2.45, 2.75) is 45.8 Å². The van der Waals surface area contributed by atoms with Gasteiger partial charge < -0.3 is 20.8 Å². The smallest absolute Gasteiger partial charge is 0.306 e. The molecule has 0 saturated heterocycles. The summed E-state index contributed by atoms with van der Waals surface area (Å²) in [6, 6.07) is 4.60. The third kappa shape index (κ3) is 4.21. The summed E-state index contributed by atoms with van der Waals surface area (Å²) in [7, 11) is 0. The largest absolute Gasteiger partial charge is 0.460 e. The summed E-state index contributed by atoms with van der Waals surface area (Å²) < 4.78 is 21.2. The van der Waals surface area contributed by atoms with Crippen LogP contribution in [0.15, 0.2) is 30.7 Å². The third-order valence-corrected chi connectivity index (χ3v) is 4.19. The first kappa shape index (κ1) is 19.6. The fourth-order valence-corrected chi connectivity index (χ4v) is 3.02. The van der Waals surface area contributed by atoms with Gasteiger partial charge in [-0.3, -0.25) is 4.79 Å². The number of nitrogens with zero attached hydrogens (tertiary/aromatic N) is 3. The summed E-state index contributed by atoms with van der Waals surface area (Å²) >= 11 is 0. The first-order valence-electron chi connectivity index (χ1n) is 9.02. The summed E-state index contributed by atoms with van der Waals surface area (Å²) in [5.41, 5.74) is 13.2. The van der Waals surface area contributed by atoms with Gasteiger partial charge in [-0.05, 0) is 44.9 Å². The number of aryl methyl sites for hydroxylation is 1. The Morgan fingerprint density at radius 1 is 1.25 bits per heavy atom. The Kier molecular flexibility index (Phi) is 5.22. The van der Waals surface area contributed by atoms with E-state index in [-0.39, 0.29) is 18.1 Å². The predicted molar refractivity (Wildman–Crippen MR) is 107 cm³/mol. The number of hydrogen-bond acceptors (Lipinski definition) is 6. The molecule has 0 saturated carbocycles. The quantitative estimate of drug-likeness (QED) is 0.514. The maximum Gasteiger partial charge on any atom is 0.306 e. The van der Waals surface area contributed by atoms with Crippen LogP contribution in [0.2, 0.25) is 0 Å². The van der Waals surface area contributed by atoms with Gasteiger partial charge in [0.15, 0.2) is 0 Å². The van der Waals surface area contributed by atoms with Gasteiger partial charge in [0.05, 0.1) is 11.1 Å². The third-order valence-electron chi connectivity index (χ3n) is 4.19. The number of nitrogens with two attached hydrogens (primary N) is 2. The van der Waals surface area contributed by atoms with Crippen LogP contribution in [-0.4, -0.2) is 26.1 Å². The molecule has 0 amide bonds. The van der Waals surface area contributed by atoms with Crippen molar-refractivity contribution in [2.24, 2.45) is 0 Å². The Balaban J connectivity index is 1.89. The molecule has 0 bridgehead atoms. The molecule has 0 spiro atoms. The van der Waals surface area contributed by atoms with Gasteiger partial charge in [-0.25, -0.2) is 14.4 Å². The molecule has 3 aromatic rings. The van der Waals surface area contributed by atoms with Gasteiger partial charge in [-0.1, -0.05) is 6.07 Å². The van der Waals surface area contributed by atoms with Crippen LogP contribution in [0.25, 0.3) is 22.2 Å². The second kappa shape index (κ2) is 7.46. The lowest BCUT2D eigenvalue weighted by molar-refractivity contribution is -0.154. The monoisotopic (exact) mass is 385 g/mol. The average molecular weight is 385 g/mol. The molecule has 0 unspecified atom stereocenters. The number of aromatic nitrogens is 3. The highest BCUT2D eigenvalue weighted by Crippen LogP contribution is 2.33. The highest BCUT2D eigenvalue weighted by Gasteiger charge is 2.18. The van der Waals surface area contributed by atoms with Crippen LogP contribution in [0.1, 0.15) is 33.6 Å². The first-order chi connectivity index (χ1) is 13.2. The molecule has 3 rings (SSSR count). The van der Waals surface area contributed by atoms with Gasteiger partial charge >= 0.3 is 5.97 Å². The van der Waals surface area contributed by atoms with Gasteiger partial charge in [0.2, 0.25) is 0 Å². The summed E-state index contributed by atoms with van der Waals surface area (Å²) in [5.74, 6) is -0.444. The van der Waals surface area contributed by atoms with Crippen molar-refractivity contribution in [3.63, 3.8) is 0 Å². The summed E-state index contributed by atoms with van der Waals surface area (Å²) in [6.07, 6.45) is 4.08. The maximum atomic E-state index is 14.0. The standard InChI is InChI=1S/C20H24FN5O2/c1-20(2,3)28-16(27)5-4-8-26-10-13(12-6-7-15(22)14(21)9-12)17-18(23)24-11-25-19(17)26/h6-7,9-11H,4-5,8,22H2,1-3H3,(H2,23,24,25). The number of hydrogen-bond donors (Lipinski definition) is 2. The van der Waals surface area contributed by atoms with E-state index in [9.17, 15) is 9.18 Å². The van der Waals surface area contributed by atoms with Crippen LogP contribution in [0.4, 0.5) is 15.9 Å². The maximum absolute atomic E-state index is 14.0. The number of nitrogen functional groups attached to an aromatic ring is 2. The SMILES string of the molecule is CC(C)(C)OC(=O)CCCn1cc(-c2ccc(N)c(F)c2)c2c(N)ncnc21. The second-order valence-electron chi connectivity index (χ2n) is 7.62. The van der Waals surface area contributed by atoms with Gasteiger partial charge in [0, 0.05) is 24.7 Å². The molecular weight excluding hydrogens is 361 g/mol. The molecule has 148 valence electrons. The molecule has 0 aliphatic heterocycles. The van der Waals surface area contributed by atoms with Crippen LogP contribution in [-0.2, 0) is 16.1 Å². The molecule has 2 aromatic heterocycles. The molecule has 0 fully saturated rings. The Labute approximate surface area is 162 Å². The molecule has 0 atom stereocenters. The van der Waals surface area contributed by atoms with E-state index in [4.69, 9.17) is 16.2 Å². The minimum absolute atomic E-state index is 0.0778. The van der Waals surface area contributed by atoms with Crippen LogP contribution in [0.5, 0.6) is 0 Å². The van der Waals surface area contributed by atoms with E-state index in [1.165, 1.54) is 18.5 Å². The predicted octanol–water partition coefficient (Wildman–Crippen LogP) is 3.52.